The van der Waals surface area contributed by atoms with Crippen LogP contribution in [0.1, 0.15) is 46.6 Å². The Morgan fingerprint density at radius 3 is 2.68 bits per heavy atom. The van der Waals surface area contributed by atoms with Gasteiger partial charge in [-0.2, -0.15) is 0 Å². The number of carbonyl (C=O) groups excluding carboxylic acids is 1. The van der Waals surface area contributed by atoms with Gasteiger partial charge in [0.25, 0.3) is 0 Å². The standard InChI is InChI=1S/C20H17NO/c1-4-12-9-10-13-15(11-12)20(2,3)19-17(18(13)22)14-7-5-6-8-16(14)21-19/h4-11,21H,1H2,2-3H3. The molecule has 1 heterocycles. The molecule has 0 saturated carbocycles. The van der Waals surface area contributed by atoms with Crippen LogP contribution in [0.25, 0.3) is 17.0 Å². The van der Waals surface area contributed by atoms with Crippen LogP contribution >= 0.6 is 0 Å². The van der Waals surface area contributed by atoms with Crippen LogP contribution in [-0.4, -0.2) is 10.8 Å². The van der Waals surface area contributed by atoms with Gasteiger partial charge in [0.15, 0.2) is 5.78 Å². The summed E-state index contributed by atoms with van der Waals surface area (Å²) >= 11 is 0. The number of fused-ring (bicyclic) bond motifs is 4. The molecule has 0 bridgehead atoms. The number of benzene rings is 2. The predicted molar refractivity (Wildman–Crippen MR) is 90.4 cm³/mol. The zero-order valence-corrected chi connectivity index (χ0v) is 12.7. The molecule has 1 aliphatic rings. The van der Waals surface area contributed by atoms with Gasteiger partial charge < -0.3 is 4.98 Å². The van der Waals surface area contributed by atoms with E-state index in [1.54, 1.807) is 0 Å². The first-order valence-electron chi connectivity index (χ1n) is 7.47. The molecule has 2 nitrogen and oxygen atoms in total. The maximum absolute atomic E-state index is 13.0. The number of nitrogens with one attached hydrogen (secondary N) is 1. The van der Waals surface area contributed by atoms with Gasteiger partial charge in [-0.3, -0.25) is 4.79 Å². The second-order valence-corrected chi connectivity index (χ2v) is 6.38. The minimum Gasteiger partial charge on any atom is -0.357 e. The molecule has 1 N–H and O–H groups in total. The second kappa shape index (κ2) is 4.20. The number of H-pyrrole nitrogens is 1. The average Bonchev–Trinajstić information content (AvgIpc) is 2.93. The van der Waals surface area contributed by atoms with E-state index in [0.29, 0.717) is 0 Å². The fraction of sp³-hybridized carbons (Fsp3) is 0.150. The second-order valence-electron chi connectivity index (χ2n) is 6.38. The molecule has 2 aromatic carbocycles. The molecule has 1 aromatic heterocycles. The van der Waals surface area contributed by atoms with Gasteiger partial charge in [-0.25, -0.2) is 0 Å². The molecule has 0 unspecified atom stereocenters. The molecule has 0 saturated heterocycles. The zero-order chi connectivity index (χ0) is 15.5. The summed E-state index contributed by atoms with van der Waals surface area (Å²) in [6, 6.07) is 14.0. The van der Waals surface area contributed by atoms with Crippen molar-refractivity contribution in [1.29, 1.82) is 0 Å². The van der Waals surface area contributed by atoms with Gasteiger partial charge in [-0.15, -0.1) is 0 Å². The van der Waals surface area contributed by atoms with Crippen LogP contribution in [0.2, 0.25) is 0 Å². The molecule has 0 aliphatic heterocycles. The van der Waals surface area contributed by atoms with Gasteiger partial charge in [0.2, 0.25) is 0 Å². The molecule has 0 radical (unpaired) electrons. The SMILES string of the molecule is C=Cc1ccc2c(c1)C(C)(C)c1[nH]c3ccccc3c1C2=O. The Balaban J connectivity index is 2.11. The van der Waals surface area contributed by atoms with Crippen LogP contribution in [0.15, 0.2) is 49.0 Å². The lowest BCUT2D eigenvalue weighted by atomic mass is 9.71. The van der Waals surface area contributed by atoms with E-state index in [-0.39, 0.29) is 11.2 Å². The van der Waals surface area contributed by atoms with Gasteiger partial charge >= 0.3 is 0 Å². The van der Waals surface area contributed by atoms with Gasteiger partial charge in [0, 0.05) is 27.6 Å². The number of para-hydroxylation sites is 1. The lowest BCUT2D eigenvalue weighted by Gasteiger charge is -2.32. The van der Waals surface area contributed by atoms with Crippen molar-refractivity contribution in [2.75, 3.05) is 0 Å². The summed E-state index contributed by atoms with van der Waals surface area (Å²) in [6.45, 7) is 8.17. The number of aromatic nitrogens is 1. The lowest BCUT2D eigenvalue weighted by molar-refractivity contribution is 0.103. The van der Waals surface area contributed by atoms with Crippen molar-refractivity contribution >= 4 is 22.8 Å². The Morgan fingerprint density at radius 1 is 1.14 bits per heavy atom. The molecule has 1 aliphatic carbocycles. The fourth-order valence-corrected chi connectivity index (χ4v) is 3.52. The Hall–Kier alpha value is -2.61. The summed E-state index contributed by atoms with van der Waals surface area (Å²) in [5.41, 5.74) is 5.51. The highest BCUT2D eigenvalue weighted by Gasteiger charge is 2.39. The molecule has 0 amide bonds. The number of ketones is 1. The Labute approximate surface area is 129 Å². The van der Waals surface area contributed by atoms with Crippen molar-refractivity contribution in [1.82, 2.24) is 4.98 Å². The smallest absolute Gasteiger partial charge is 0.195 e. The number of aromatic amines is 1. The highest BCUT2D eigenvalue weighted by Crippen LogP contribution is 2.43. The predicted octanol–water partition coefficient (Wildman–Crippen LogP) is 4.68. The van der Waals surface area contributed by atoms with Crippen molar-refractivity contribution in [3.63, 3.8) is 0 Å². The highest BCUT2D eigenvalue weighted by atomic mass is 16.1. The highest BCUT2D eigenvalue weighted by molar-refractivity contribution is 6.20. The van der Waals surface area contributed by atoms with Gasteiger partial charge in [0.05, 0.1) is 5.56 Å². The van der Waals surface area contributed by atoms with Crippen molar-refractivity contribution in [3.05, 3.63) is 77.0 Å². The number of carbonyl (C=O) groups is 1. The minimum absolute atomic E-state index is 0.109. The van der Waals surface area contributed by atoms with Crippen LogP contribution in [0.4, 0.5) is 0 Å². The fourth-order valence-electron chi connectivity index (χ4n) is 3.52. The van der Waals surface area contributed by atoms with E-state index in [1.807, 2.05) is 42.5 Å². The zero-order valence-electron chi connectivity index (χ0n) is 12.7. The molecule has 4 rings (SSSR count). The number of rotatable bonds is 1. The summed E-state index contributed by atoms with van der Waals surface area (Å²) in [6.07, 6.45) is 1.82. The monoisotopic (exact) mass is 287 g/mol. The molecule has 3 aromatic rings. The quantitative estimate of drug-likeness (QED) is 0.692. The first-order chi connectivity index (χ1) is 10.5. The van der Waals surface area contributed by atoms with E-state index in [0.717, 1.165) is 38.9 Å². The molecular formula is C20H17NO. The topological polar surface area (TPSA) is 32.9 Å². The van der Waals surface area contributed by atoms with Crippen molar-refractivity contribution < 1.29 is 4.79 Å². The van der Waals surface area contributed by atoms with E-state index in [1.165, 1.54) is 0 Å². The average molecular weight is 287 g/mol. The minimum atomic E-state index is -0.239. The summed E-state index contributed by atoms with van der Waals surface area (Å²) in [5.74, 6) is 0.109. The molecular weight excluding hydrogens is 270 g/mol. The van der Waals surface area contributed by atoms with Crippen molar-refractivity contribution in [2.24, 2.45) is 0 Å². The van der Waals surface area contributed by atoms with Gasteiger partial charge in [-0.05, 0) is 17.2 Å². The molecule has 0 fully saturated rings. The summed E-state index contributed by atoms with van der Waals surface area (Å²) in [7, 11) is 0. The first kappa shape index (κ1) is 13.1. The third-order valence-electron chi connectivity index (χ3n) is 4.76. The van der Waals surface area contributed by atoms with Crippen molar-refractivity contribution in [2.45, 2.75) is 19.3 Å². The van der Waals surface area contributed by atoms with Crippen LogP contribution in [-0.2, 0) is 5.41 Å². The maximum atomic E-state index is 13.0. The Bertz CT molecular complexity index is 943. The van der Waals surface area contributed by atoms with Crippen LogP contribution < -0.4 is 0 Å². The third-order valence-corrected chi connectivity index (χ3v) is 4.76. The largest absolute Gasteiger partial charge is 0.357 e. The molecule has 0 atom stereocenters. The molecule has 22 heavy (non-hydrogen) atoms. The summed E-state index contributed by atoms with van der Waals surface area (Å²) in [4.78, 5) is 16.5. The molecule has 108 valence electrons. The van der Waals surface area contributed by atoms with E-state index in [9.17, 15) is 4.79 Å². The first-order valence-corrected chi connectivity index (χ1v) is 7.47. The lowest BCUT2D eigenvalue weighted by Crippen LogP contribution is -2.30. The number of hydrogen-bond acceptors (Lipinski definition) is 1. The Kier molecular flexibility index (Phi) is 2.50. The summed E-state index contributed by atoms with van der Waals surface area (Å²) < 4.78 is 0. The number of hydrogen-bond donors (Lipinski definition) is 1. The summed E-state index contributed by atoms with van der Waals surface area (Å²) in [5, 5.41) is 1.01. The van der Waals surface area contributed by atoms with Crippen LogP contribution in [0.3, 0.4) is 0 Å². The molecule has 2 heteroatoms. The van der Waals surface area contributed by atoms with Gasteiger partial charge in [0.1, 0.15) is 0 Å². The van der Waals surface area contributed by atoms with E-state index in [2.05, 4.69) is 31.5 Å². The van der Waals surface area contributed by atoms with Crippen LogP contribution in [0, 0.1) is 0 Å². The third kappa shape index (κ3) is 1.52. The van der Waals surface area contributed by atoms with Gasteiger partial charge in [-0.1, -0.05) is 62.9 Å². The molecule has 0 spiro atoms. The normalized spacial score (nSPS) is 15.5. The van der Waals surface area contributed by atoms with E-state index in [4.69, 9.17) is 0 Å². The van der Waals surface area contributed by atoms with Crippen LogP contribution in [0.5, 0.6) is 0 Å². The van der Waals surface area contributed by atoms with Crippen molar-refractivity contribution in [3.8, 4) is 0 Å². The van der Waals surface area contributed by atoms with E-state index >= 15 is 0 Å². The maximum Gasteiger partial charge on any atom is 0.195 e. The van der Waals surface area contributed by atoms with E-state index < -0.39 is 0 Å². The Morgan fingerprint density at radius 2 is 1.91 bits per heavy atom.